The zero-order chi connectivity index (χ0) is 19.4. The summed E-state index contributed by atoms with van der Waals surface area (Å²) in [6, 6.07) is 0. The van der Waals surface area contributed by atoms with Crippen molar-refractivity contribution >= 4 is 17.9 Å². The largest absolute Gasteiger partial charge is 0.456 e. The van der Waals surface area contributed by atoms with Gasteiger partial charge in [0, 0.05) is 0 Å². The fourth-order valence-corrected chi connectivity index (χ4v) is 3.42. The molecule has 3 saturated heterocycles. The maximum atomic E-state index is 12.3. The van der Waals surface area contributed by atoms with Crippen molar-refractivity contribution in [2.75, 3.05) is 6.61 Å². The summed E-state index contributed by atoms with van der Waals surface area (Å²) in [6.07, 6.45) is -8.02. The molecular formula is C16H19F3O7. The van der Waals surface area contributed by atoms with Crippen molar-refractivity contribution in [2.45, 2.75) is 57.8 Å². The number of esters is 3. The zero-order valence-corrected chi connectivity index (χ0v) is 14.4. The minimum absolute atomic E-state index is 0.484. The fraction of sp³-hybridized carbons (Fsp3) is 0.812. The molecule has 3 rings (SSSR count). The molecule has 0 N–H and O–H groups in total. The van der Waals surface area contributed by atoms with E-state index in [1.54, 1.807) is 20.8 Å². The molecule has 6 atom stereocenters. The van der Waals surface area contributed by atoms with E-state index in [0.29, 0.717) is 6.42 Å². The van der Waals surface area contributed by atoms with Crippen LogP contribution in [0.15, 0.2) is 0 Å². The number of hydrogen-bond acceptors (Lipinski definition) is 7. The van der Waals surface area contributed by atoms with Crippen molar-refractivity contribution in [3.63, 3.8) is 0 Å². The van der Waals surface area contributed by atoms with Gasteiger partial charge < -0.3 is 18.9 Å². The zero-order valence-electron chi connectivity index (χ0n) is 14.4. The number of halogens is 3. The minimum atomic E-state index is -4.69. The first-order valence-corrected chi connectivity index (χ1v) is 8.26. The van der Waals surface area contributed by atoms with Gasteiger partial charge in [-0.2, -0.15) is 13.2 Å². The van der Waals surface area contributed by atoms with Crippen LogP contribution in [0.5, 0.6) is 0 Å². The van der Waals surface area contributed by atoms with Gasteiger partial charge in [0.1, 0.15) is 24.0 Å². The van der Waals surface area contributed by atoms with Crippen LogP contribution >= 0.6 is 0 Å². The smallest absolute Gasteiger partial charge is 0.422 e. The number of carbonyl (C=O) groups excluding carboxylic acids is 3. The Balaban J connectivity index is 1.77. The molecule has 3 aliphatic rings. The van der Waals surface area contributed by atoms with Gasteiger partial charge in [-0.15, -0.1) is 0 Å². The van der Waals surface area contributed by atoms with Crippen LogP contribution in [-0.2, 0) is 33.3 Å². The molecule has 0 amide bonds. The van der Waals surface area contributed by atoms with Gasteiger partial charge in [-0.05, 0) is 20.3 Å². The highest BCUT2D eigenvalue weighted by Gasteiger charge is 2.72. The van der Waals surface area contributed by atoms with Crippen molar-refractivity contribution in [2.24, 2.45) is 17.3 Å². The highest BCUT2D eigenvalue weighted by molar-refractivity contribution is 5.87. The molecule has 0 saturated carbocycles. The van der Waals surface area contributed by atoms with Crippen molar-refractivity contribution in [3.8, 4) is 0 Å². The quantitative estimate of drug-likeness (QED) is 0.526. The molecule has 3 heterocycles. The Hall–Kier alpha value is -1.84. The maximum absolute atomic E-state index is 12.3. The van der Waals surface area contributed by atoms with E-state index in [1.165, 1.54) is 0 Å². The molecule has 2 bridgehead atoms. The third-order valence-electron chi connectivity index (χ3n) is 5.23. The predicted octanol–water partition coefficient (Wildman–Crippen LogP) is 1.38. The summed E-state index contributed by atoms with van der Waals surface area (Å²) in [7, 11) is 0. The summed E-state index contributed by atoms with van der Waals surface area (Å²) in [6.45, 7) is 3.36. The van der Waals surface area contributed by atoms with Crippen molar-refractivity contribution in [1.29, 1.82) is 0 Å². The predicted molar refractivity (Wildman–Crippen MR) is 76.5 cm³/mol. The van der Waals surface area contributed by atoms with Gasteiger partial charge in [-0.1, -0.05) is 6.92 Å². The van der Waals surface area contributed by atoms with E-state index in [1.807, 2.05) is 0 Å². The average Bonchev–Trinajstić information content (AvgIpc) is 3.15. The molecule has 146 valence electrons. The Morgan fingerprint density at radius 1 is 1.15 bits per heavy atom. The summed E-state index contributed by atoms with van der Waals surface area (Å²) < 4.78 is 57.3. The van der Waals surface area contributed by atoms with Gasteiger partial charge in [0.05, 0.1) is 5.41 Å². The number of fused-ring (bicyclic) bond motifs is 1. The molecule has 0 aliphatic carbocycles. The van der Waals surface area contributed by atoms with Crippen molar-refractivity contribution < 1.29 is 46.5 Å². The summed E-state index contributed by atoms with van der Waals surface area (Å²) in [5.74, 6) is -4.88. The van der Waals surface area contributed by atoms with Gasteiger partial charge in [0.25, 0.3) is 0 Å². The van der Waals surface area contributed by atoms with E-state index in [0.717, 1.165) is 0 Å². The van der Waals surface area contributed by atoms with E-state index in [-0.39, 0.29) is 0 Å². The molecule has 3 aliphatic heterocycles. The van der Waals surface area contributed by atoms with Gasteiger partial charge in [0.2, 0.25) is 0 Å². The van der Waals surface area contributed by atoms with Crippen LogP contribution in [0.4, 0.5) is 13.2 Å². The Bertz CT molecular complexity index is 630. The Labute approximate surface area is 147 Å². The molecule has 0 aromatic carbocycles. The van der Waals surface area contributed by atoms with Crippen LogP contribution in [0.2, 0.25) is 0 Å². The second-order valence-electron chi connectivity index (χ2n) is 7.35. The van der Waals surface area contributed by atoms with Crippen LogP contribution in [0.1, 0.15) is 27.2 Å². The molecule has 10 heteroatoms. The minimum Gasteiger partial charge on any atom is -0.456 e. The van der Waals surface area contributed by atoms with Gasteiger partial charge in [-0.3, -0.25) is 14.4 Å². The SMILES string of the molecule is CCC(C)(C)C(=O)OC1C2OC(=O)C3C2OC1C3C(=O)OCC(F)(F)F. The van der Waals surface area contributed by atoms with E-state index in [9.17, 15) is 27.6 Å². The summed E-state index contributed by atoms with van der Waals surface area (Å²) in [5.41, 5.74) is -0.809. The van der Waals surface area contributed by atoms with Crippen LogP contribution in [0.3, 0.4) is 0 Å². The fourth-order valence-electron chi connectivity index (χ4n) is 3.42. The van der Waals surface area contributed by atoms with E-state index in [2.05, 4.69) is 4.74 Å². The number of hydrogen-bond donors (Lipinski definition) is 0. The first-order valence-electron chi connectivity index (χ1n) is 8.26. The molecule has 0 radical (unpaired) electrons. The third kappa shape index (κ3) is 3.04. The number of rotatable bonds is 5. The van der Waals surface area contributed by atoms with Crippen LogP contribution in [0.25, 0.3) is 0 Å². The molecule has 0 spiro atoms. The van der Waals surface area contributed by atoms with Crippen LogP contribution in [-0.4, -0.2) is 55.1 Å². The Morgan fingerprint density at radius 3 is 2.38 bits per heavy atom. The highest BCUT2D eigenvalue weighted by atomic mass is 19.4. The Morgan fingerprint density at radius 2 is 1.81 bits per heavy atom. The molecule has 0 aromatic rings. The molecular weight excluding hydrogens is 361 g/mol. The molecule has 7 nitrogen and oxygen atoms in total. The summed E-state index contributed by atoms with van der Waals surface area (Å²) in [5, 5.41) is 0. The van der Waals surface area contributed by atoms with E-state index >= 15 is 0 Å². The second-order valence-corrected chi connectivity index (χ2v) is 7.35. The van der Waals surface area contributed by atoms with Crippen LogP contribution in [0, 0.1) is 17.3 Å². The average molecular weight is 380 g/mol. The summed E-state index contributed by atoms with van der Waals surface area (Å²) in [4.78, 5) is 36.5. The number of alkyl halides is 3. The lowest BCUT2D eigenvalue weighted by molar-refractivity contribution is -0.192. The van der Waals surface area contributed by atoms with E-state index in [4.69, 9.17) is 14.2 Å². The summed E-state index contributed by atoms with van der Waals surface area (Å²) >= 11 is 0. The first kappa shape index (κ1) is 18.9. The Kier molecular flexibility index (Phi) is 4.45. The van der Waals surface area contributed by atoms with Crippen molar-refractivity contribution in [3.05, 3.63) is 0 Å². The van der Waals surface area contributed by atoms with Crippen molar-refractivity contribution in [1.82, 2.24) is 0 Å². The molecule has 6 unspecified atom stereocenters. The lowest BCUT2D eigenvalue weighted by atomic mass is 9.78. The van der Waals surface area contributed by atoms with Gasteiger partial charge in [-0.25, -0.2) is 0 Å². The normalized spacial score (nSPS) is 35.4. The lowest BCUT2D eigenvalue weighted by Crippen LogP contribution is -2.49. The number of ether oxygens (including phenoxy) is 4. The highest BCUT2D eigenvalue weighted by Crippen LogP contribution is 2.51. The lowest BCUT2D eigenvalue weighted by Gasteiger charge is -2.30. The van der Waals surface area contributed by atoms with Crippen LogP contribution < -0.4 is 0 Å². The monoisotopic (exact) mass is 380 g/mol. The second kappa shape index (κ2) is 6.11. The van der Waals surface area contributed by atoms with Gasteiger partial charge in [0.15, 0.2) is 18.8 Å². The third-order valence-corrected chi connectivity index (χ3v) is 5.23. The first-order chi connectivity index (χ1) is 12.0. The maximum Gasteiger partial charge on any atom is 0.422 e. The topological polar surface area (TPSA) is 88.1 Å². The molecule has 26 heavy (non-hydrogen) atoms. The number of carbonyl (C=O) groups is 3. The standard InChI is InChI=1S/C16H19F3O7/c1-4-15(2,3)14(22)26-11-8-6(12(20)23-5-16(17,18)19)7-9(24-8)10(11)25-13(7)21/h6-11H,4-5H2,1-3H3. The van der Waals surface area contributed by atoms with E-state index < -0.39 is 72.4 Å². The van der Waals surface area contributed by atoms with Gasteiger partial charge >= 0.3 is 24.1 Å². The molecule has 3 fully saturated rings. The molecule has 0 aromatic heterocycles.